The molecule has 1 N–H and O–H groups in total. The Morgan fingerprint density at radius 2 is 1.75 bits per heavy atom. The van der Waals surface area contributed by atoms with E-state index in [2.05, 4.69) is 52.4 Å². The Labute approximate surface area is 123 Å². The third-order valence-electron chi connectivity index (χ3n) is 4.90. The summed E-state index contributed by atoms with van der Waals surface area (Å²) in [6.45, 7) is 10.8. The lowest BCUT2D eigenvalue weighted by Gasteiger charge is -2.36. The van der Waals surface area contributed by atoms with Crippen molar-refractivity contribution in [3.8, 4) is 0 Å². The van der Waals surface area contributed by atoms with Gasteiger partial charge in [0.15, 0.2) is 0 Å². The lowest BCUT2D eigenvalue weighted by molar-refractivity contribution is 0.111. The molecule has 3 rings (SSSR count). The van der Waals surface area contributed by atoms with Gasteiger partial charge in [0.1, 0.15) is 0 Å². The SMILES string of the molecule is CC1NCCC1CN1CCN(Cc2ccccc2)CC1. The molecule has 2 unspecified atom stereocenters. The van der Waals surface area contributed by atoms with Gasteiger partial charge < -0.3 is 10.2 Å². The molecule has 1 aromatic carbocycles. The fourth-order valence-corrected chi connectivity index (χ4v) is 3.47. The van der Waals surface area contributed by atoms with Crippen LogP contribution in [0.4, 0.5) is 0 Å². The smallest absolute Gasteiger partial charge is 0.0234 e. The minimum Gasteiger partial charge on any atom is -0.314 e. The zero-order valence-corrected chi connectivity index (χ0v) is 12.6. The maximum absolute atomic E-state index is 3.56. The van der Waals surface area contributed by atoms with Crippen molar-refractivity contribution in [1.82, 2.24) is 15.1 Å². The van der Waals surface area contributed by atoms with E-state index in [0.717, 1.165) is 12.5 Å². The summed E-state index contributed by atoms with van der Waals surface area (Å²) in [7, 11) is 0. The van der Waals surface area contributed by atoms with E-state index >= 15 is 0 Å². The number of piperazine rings is 1. The first-order valence-electron chi connectivity index (χ1n) is 8.03. The van der Waals surface area contributed by atoms with Crippen LogP contribution in [0.25, 0.3) is 0 Å². The van der Waals surface area contributed by atoms with E-state index in [9.17, 15) is 0 Å². The lowest BCUT2D eigenvalue weighted by Crippen LogP contribution is -2.48. The number of hydrogen-bond donors (Lipinski definition) is 1. The highest BCUT2D eigenvalue weighted by molar-refractivity contribution is 5.14. The van der Waals surface area contributed by atoms with Crippen LogP contribution < -0.4 is 5.32 Å². The topological polar surface area (TPSA) is 18.5 Å². The van der Waals surface area contributed by atoms with Crippen molar-refractivity contribution in [1.29, 1.82) is 0 Å². The zero-order chi connectivity index (χ0) is 13.8. The van der Waals surface area contributed by atoms with E-state index in [1.165, 1.54) is 51.3 Å². The molecule has 2 atom stereocenters. The summed E-state index contributed by atoms with van der Waals surface area (Å²) in [5.74, 6) is 0.857. The summed E-state index contributed by atoms with van der Waals surface area (Å²) in [6, 6.07) is 11.5. The second-order valence-electron chi connectivity index (χ2n) is 6.35. The van der Waals surface area contributed by atoms with Gasteiger partial charge in [0.25, 0.3) is 0 Å². The molecule has 20 heavy (non-hydrogen) atoms. The molecular formula is C17H27N3. The number of benzene rings is 1. The summed E-state index contributed by atoms with van der Waals surface area (Å²) in [6.07, 6.45) is 1.35. The van der Waals surface area contributed by atoms with Gasteiger partial charge >= 0.3 is 0 Å². The van der Waals surface area contributed by atoms with Crippen LogP contribution in [0.3, 0.4) is 0 Å². The van der Waals surface area contributed by atoms with Crippen molar-refractivity contribution in [2.24, 2.45) is 5.92 Å². The van der Waals surface area contributed by atoms with Crippen molar-refractivity contribution < 1.29 is 0 Å². The largest absolute Gasteiger partial charge is 0.314 e. The highest BCUT2D eigenvalue weighted by atomic mass is 15.3. The van der Waals surface area contributed by atoms with Crippen LogP contribution >= 0.6 is 0 Å². The Hall–Kier alpha value is -0.900. The van der Waals surface area contributed by atoms with E-state index in [0.29, 0.717) is 6.04 Å². The van der Waals surface area contributed by atoms with Crippen LogP contribution in [-0.2, 0) is 6.54 Å². The molecule has 0 amide bonds. The number of nitrogens with one attached hydrogen (secondary N) is 1. The average molecular weight is 273 g/mol. The summed E-state index contributed by atoms with van der Waals surface area (Å²) < 4.78 is 0. The van der Waals surface area contributed by atoms with Crippen LogP contribution in [0, 0.1) is 5.92 Å². The summed E-state index contributed by atoms with van der Waals surface area (Å²) in [5.41, 5.74) is 1.44. The van der Waals surface area contributed by atoms with E-state index in [-0.39, 0.29) is 0 Å². The Morgan fingerprint density at radius 3 is 2.40 bits per heavy atom. The maximum atomic E-state index is 3.56. The van der Waals surface area contributed by atoms with Crippen molar-refractivity contribution in [3.63, 3.8) is 0 Å². The predicted octanol–water partition coefficient (Wildman–Crippen LogP) is 1.80. The number of hydrogen-bond acceptors (Lipinski definition) is 3. The molecule has 2 aliphatic heterocycles. The van der Waals surface area contributed by atoms with Gasteiger partial charge in [0.2, 0.25) is 0 Å². The van der Waals surface area contributed by atoms with Crippen molar-refractivity contribution in [2.75, 3.05) is 39.3 Å². The highest BCUT2D eigenvalue weighted by Crippen LogP contribution is 2.18. The summed E-state index contributed by atoms with van der Waals surface area (Å²) in [4.78, 5) is 5.25. The molecule has 2 aliphatic rings. The lowest BCUT2D eigenvalue weighted by atomic mass is 10.0. The van der Waals surface area contributed by atoms with Gasteiger partial charge in [0, 0.05) is 45.3 Å². The number of rotatable bonds is 4. The fraction of sp³-hybridized carbons (Fsp3) is 0.647. The quantitative estimate of drug-likeness (QED) is 0.902. The molecule has 0 spiro atoms. The molecule has 3 nitrogen and oxygen atoms in total. The predicted molar refractivity (Wildman–Crippen MR) is 83.7 cm³/mol. The van der Waals surface area contributed by atoms with Gasteiger partial charge in [-0.3, -0.25) is 4.90 Å². The molecule has 0 radical (unpaired) electrons. The van der Waals surface area contributed by atoms with Gasteiger partial charge in [-0.05, 0) is 31.4 Å². The van der Waals surface area contributed by atoms with Crippen molar-refractivity contribution in [2.45, 2.75) is 25.9 Å². The van der Waals surface area contributed by atoms with Crippen LogP contribution in [0.2, 0.25) is 0 Å². The molecule has 1 aromatic rings. The summed E-state index contributed by atoms with van der Waals surface area (Å²) >= 11 is 0. The third kappa shape index (κ3) is 3.60. The zero-order valence-electron chi connectivity index (χ0n) is 12.6. The Bertz CT molecular complexity index is 398. The summed E-state index contributed by atoms with van der Waals surface area (Å²) in [5, 5.41) is 3.56. The Balaban J connectivity index is 1.43. The molecule has 0 saturated carbocycles. The Kier molecular flexibility index (Phi) is 4.71. The third-order valence-corrected chi connectivity index (χ3v) is 4.90. The minimum absolute atomic E-state index is 0.706. The molecule has 0 aromatic heterocycles. The van der Waals surface area contributed by atoms with Crippen LogP contribution in [0.1, 0.15) is 18.9 Å². The average Bonchev–Trinajstić information content (AvgIpc) is 2.88. The molecule has 3 heteroatoms. The Morgan fingerprint density at radius 1 is 1.05 bits per heavy atom. The van der Waals surface area contributed by atoms with Gasteiger partial charge in [-0.2, -0.15) is 0 Å². The highest BCUT2D eigenvalue weighted by Gasteiger charge is 2.26. The van der Waals surface area contributed by atoms with Crippen molar-refractivity contribution >= 4 is 0 Å². The number of nitrogens with zero attached hydrogens (tertiary/aromatic N) is 2. The van der Waals surface area contributed by atoms with Crippen LogP contribution in [0.15, 0.2) is 30.3 Å². The first kappa shape index (κ1) is 14.1. The van der Waals surface area contributed by atoms with E-state index < -0.39 is 0 Å². The van der Waals surface area contributed by atoms with E-state index in [1.807, 2.05) is 0 Å². The maximum Gasteiger partial charge on any atom is 0.0234 e. The van der Waals surface area contributed by atoms with Gasteiger partial charge in [-0.25, -0.2) is 0 Å². The van der Waals surface area contributed by atoms with E-state index in [4.69, 9.17) is 0 Å². The fourth-order valence-electron chi connectivity index (χ4n) is 3.47. The first-order chi connectivity index (χ1) is 9.81. The molecule has 110 valence electrons. The van der Waals surface area contributed by atoms with Gasteiger partial charge in [-0.15, -0.1) is 0 Å². The molecule has 0 bridgehead atoms. The van der Waals surface area contributed by atoms with Gasteiger partial charge in [-0.1, -0.05) is 30.3 Å². The first-order valence-corrected chi connectivity index (χ1v) is 8.03. The molecule has 0 aliphatic carbocycles. The second-order valence-corrected chi connectivity index (χ2v) is 6.35. The van der Waals surface area contributed by atoms with Crippen molar-refractivity contribution in [3.05, 3.63) is 35.9 Å². The monoisotopic (exact) mass is 273 g/mol. The van der Waals surface area contributed by atoms with E-state index in [1.54, 1.807) is 0 Å². The molecule has 2 saturated heterocycles. The second kappa shape index (κ2) is 6.70. The molecule has 2 heterocycles. The van der Waals surface area contributed by atoms with Gasteiger partial charge in [0.05, 0.1) is 0 Å². The molecule has 2 fully saturated rings. The standard InChI is InChI=1S/C17H27N3/c1-15-17(7-8-18-15)14-20-11-9-19(10-12-20)13-16-5-3-2-4-6-16/h2-6,15,17-18H,7-14H2,1H3. The minimum atomic E-state index is 0.706. The van der Waals surface area contributed by atoms with Crippen LogP contribution in [-0.4, -0.2) is 55.1 Å². The molecular weight excluding hydrogens is 246 g/mol. The normalized spacial score (nSPS) is 28.9. The van der Waals surface area contributed by atoms with Crippen LogP contribution in [0.5, 0.6) is 0 Å².